The summed E-state index contributed by atoms with van der Waals surface area (Å²) in [4.78, 5) is 25.3. The van der Waals surface area contributed by atoms with Gasteiger partial charge in [0.15, 0.2) is 0 Å². The molecule has 0 aromatic heterocycles. The highest BCUT2D eigenvalue weighted by Gasteiger charge is 2.26. The lowest BCUT2D eigenvalue weighted by molar-refractivity contribution is -0.124. The van der Waals surface area contributed by atoms with Gasteiger partial charge in [0.1, 0.15) is 11.8 Å². The topological polar surface area (TPSA) is 67.4 Å². The van der Waals surface area contributed by atoms with Crippen molar-refractivity contribution in [3.8, 4) is 5.75 Å². The molecule has 2 unspecified atom stereocenters. The zero-order chi connectivity index (χ0) is 19.7. The van der Waals surface area contributed by atoms with E-state index in [0.717, 1.165) is 12.8 Å². The summed E-state index contributed by atoms with van der Waals surface area (Å²) in [6.07, 6.45) is 1.98. The lowest BCUT2D eigenvalue weighted by Gasteiger charge is -2.24. The maximum absolute atomic E-state index is 12.7. The van der Waals surface area contributed by atoms with Crippen molar-refractivity contribution < 1.29 is 14.3 Å². The van der Waals surface area contributed by atoms with E-state index < -0.39 is 6.04 Å². The third-order valence-electron chi connectivity index (χ3n) is 4.23. The molecule has 2 atom stereocenters. The molecule has 2 N–H and O–H groups in total. The van der Waals surface area contributed by atoms with Gasteiger partial charge in [0, 0.05) is 6.04 Å². The Hall–Kier alpha value is -2.04. The van der Waals surface area contributed by atoms with Crippen molar-refractivity contribution in [3.05, 3.63) is 29.8 Å². The van der Waals surface area contributed by atoms with Crippen molar-refractivity contribution in [2.45, 2.75) is 66.5 Å². The van der Waals surface area contributed by atoms with Gasteiger partial charge in [-0.2, -0.15) is 0 Å². The first kappa shape index (κ1) is 22.0. The number of benzene rings is 1. The predicted molar refractivity (Wildman–Crippen MR) is 105 cm³/mol. The van der Waals surface area contributed by atoms with E-state index in [1.165, 1.54) is 0 Å². The number of ether oxygens (including phenoxy) is 1. The number of rotatable bonds is 10. The second-order valence-electron chi connectivity index (χ2n) is 7.51. The molecule has 0 bridgehead atoms. The number of amides is 2. The summed E-state index contributed by atoms with van der Waals surface area (Å²) in [6.45, 7) is 12.5. The van der Waals surface area contributed by atoms with Gasteiger partial charge >= 0.3 is 0 Å². The monoisotopic (exact) mass is 362 g/mol. The molecule has 1 rings (SSSR count). The first-order valence-corrected chi connectivity index (χ1v) is 9.59. The number of carbonyl (C=O) groups is 2. The molecule has 26 heavy (non-hydrogen) atoms. The largest absolute Gasteiger partial charge is 0.493 e. The molecule has 0 radical (unpaired) electrons. The molecule has 1 aromatic carbocycles. The average molecular weight is 363 g/mol. The van der Waals surface area contributed by atoms with Crippen LogP contribution in [0, 0.1) is 11.8 Å². The van der Waals surface area contributed by atoms with Crippen molar-refractivity contribution >= 4 is 11.8 Å². The molecule has 0 aliphatic rings. The zero-order valence-corrected chi connectivity index (χ0v) is 17.0. The van der Waals surface area contributed by atoms with Gasteiger partial charge in [-0.05, 0) is 50.7 Å². The molecule has 0 fully saturated rings. The van der Waals surface area contributed by atoms with E-state index in [0.29, 0.717) is 23.8 Å². The number of hydrogen-bond donors (Lipinski definition) is 2. The Kier molecular flexibility index (Phi) is 9.17. The summed E-state index contributed by atoms with van der Waals surface area (Å²) in [6, 6.07) is 6.58. The van der Waals surface area contributed by atoms with E-state index in [-0.39, 0.29) is 23.8 Å². The SMILES string of the molecule is CCOc1ccccc1C(=O)NC(C(=O)NC(C)CCC(C)C)C(C)C. The second kappa shape index (κ2) is 10.8. The van der Waals surface area contributed by atoms with Crippen LogP contribution in [0.15, 0.2) is 24.3 Å². The fraction of sp³-hybridized carbons (Fsp3) is 0.619. The number of nitrogens with one attached hydrogen (secondary N) is 2. The zero-order valence-electron chi connectivity index (χ0n) is 17.0. The highest BCUT2D eigenvalue weighted by atomic mass is 16.5. The molecule has 1 aromatic rings. The molecule has 5 heteroatoms. The van der Waals surface area contributed by atoms with Gasteiger partial charge < -0.3 is 15.4 Å². The van der Waals surface area contributed by atoms with Gasteiger partial charge in [0.2, 0.25) is 5.91 Å². The molecule has 146 valence electrons. The van der Waals surface area contributed by atoms with Crippen LogP contribution in [-0.4, -0.2) is 30.5 Å². The highest BCUT2D eigenvalue weighted by Crippen LogP contribution is 2.18. The third kappa shape index (κ3) is 7.06. The highest BCUT2D eigenvalue weighted by molar-refractivity contribution is 5.99. The minimum absolute atomic E-state index is 0.0181. The Morgan fingerprint density at radius 1 is 1.00 bits per heavy atom. The quantitative estimate of drug-likeness (QED) is 0.665. The summed E-state index contributed by atoms with van der Waals surface area (Å²) in [5.41, 5.74) is 0.445. The van der Waals surface area contributed by atoms with E-state index in [1.807, 2.05) is 33.8 Å². The van der Waals surface area contributed by atoms with Crippen molar-refractivity contribution in [2.24, 2.45) is 11.8 Å². The number of hydrogen-bond acceptors (Lipinski definition) is 3. The van der Waals surface area contributed by atoms with Crippen LogP contribution in [0.5, 0.6) is 5.75 Å². The minimum atomic E-state index is -0.585. The summed E-state index contributed by atoms with van der Waals surface area (Å²) < 4.78 is 5.52. The molecule has 0 heterocycles. The molecule has 0 saturated heterocycles. The third-order valence-corrected chi connectivity index (χ3v) is 4.23. The number of para-hydroxylation sites is 1. The van der Waals surface area contributed by atoms with Crippen LogP contribution in [0.2, 0.25) is 0 Å². The van der Waals surface area contributed by atoms with E-state index in [2.05, 4.69) is 24.5 Å². The van der Waals surface area contributed by atoms with Gasteiger partial charge in [-0.3, -0.25) is 9.59 Å². The predicted octanol–water partition coefficient (Wildman–Crippen LogP) is 3.78. The summed E-state index contributed by atoms with van der Waals surface area (Å²) in [5.74, 6) is 0.678. The lowest BCUT2D eigenvalue weighted by Crippen LogP contribution is -2.51. The van der Waals surface area contributed by atoms with Gasteiger partial charge in [-0.15, -0.1) is 0 Å². The van der Waals surface area contributed by atoms with Crippen molar-refractivity contribution in [1.29, 1.82) is 0 Å². The summed E-state index contributed by atoms with van der Waals surface area (Å²) in [7, 11) is 0. The Labute approximate surface area is 157 Å². The van der Waals surface area contributed by atoms with Crippen molar-refractivity contribution in [3.63, 3.8) is 0 Å². The maximum atomic E-state index is 12.7. The van der Waals surface area contributed by atoms with E-state index in [4.69, 9.17) is 4.74 Å². The van der Waals surface area contributed by atoms with Gasteiger partial charge in [0.25, 0.3) is 5.91 Å². The van der Waals surface area contributed by atoms with E-state index in [9.17, 15) is 9.59 Å². The van der Waals surface area contributed by atoms with Crippen LogP contribution in [0.4, 0.5) is 0 Å². The van der Waals surface area contributed by atoms with Crippen molar-refractivity contribution in [1.82, 2.24) is 10.6 Å². The fourth-order valence-electron chi connectivity index (χ4n) is 2.68. The Bertz CT molecular complexity index is 584. The first-order chi connectivity index (χ1) is 12.3. The standard InChI is InChI=1S/C21H34N2O3/c1-7-26-18-11-9-8-10-17(18)20(24)23-19(15(4)5)21(25)22-16(6)13-12-14(2)3/h8-11,14-16,19H,7,12-13H2,1-6H3,(H,22,25)(H,23,24). The lowest BCUT2D eigenvalue weighted by atomic mass is 10.0. The first-order valence-electron chi connectivity index (χ1n) is 9.59. The molecule has 0 aliphatic carbocycles. The second-order valence-corrected chi connectivity index (χ2v) is 7.51. The average Bonchev–Trinajstić information content (AvgIpc) is 2.58. The summed E-state index contributed by atoms with van der Waals surface area (Å²) in [5, 5.41) is 5.90. The van der Waals surface area contributed by atoms with Gasteiger partial charge in [0.05, 0.1) is 12.2 Å². The Morgan fingerprint density at radius 2 is 1.65 bits per heavy atom. The molecule has 0 saturated carbocycles. The molecule has 2 amide bonds. The van der Waals surface area contributed by atoms with E-state index in [1.54, 1.807) is 18.2 Å². The van der Waals surface area contributed by atoms with Crippen LogP contribution < -0.4 is 15.4 Å². The van der Waals surface area contributed by atoms with Crippen LogP contribution in [-0.2, 0) is 4.79 Å². The van der Waals surface area contributed by atoms with Crippen LogP contribution in [0.25, 0.3) is 0 Å². The molecule has 0 aliphatic heterocycles. The van der Waals surface area contributed by atoms with Crippen molar-refractivity contribution in [2.75, 3.05) is 6.61 Å². The molecule has 5 nitrogen and oxygen atoms in total. The fourth-order valence-corrected chi connectivity index (χ4v) is 2.68. The molecular formula is C21H34N2O3. The normalized spacial score (nSPS) is 13.4. The van der Waals surface area contributed by atoms with Gasteiger partial charge in [-0.1, -0.05) is 39.8 Å². The van der Waals surface area contributed by atoms with Crippen LogP contribution in [0.3, 0.4) is 0 Å². The summed E-state index contributed by atoms with van der Waals surface area (Å²) >= 11 is 0. The molecule has 0 spiro atoms. The smallest absolute Gasteiger partial charge is 0.255 e. The van der Waals surface area contributed by atoms with Gasteiger partial charge in [-0.25, -0.2) is 0 Å². The minimum Gasteiger partial charge on any atom is -0.493 e. The van der Waals surface area contributed by atoms with Crippen LogP contribution in [0.1, 0.15) is 64.7 Å². The Balaban J connectivity index is 2.78. The Morgan fingerprint density at radius 3 is 2.23 bits per heavy atom. The number of carbonyl (C=O) groups excluding carboxylic acids is 2. The maximum Gasteiger partial charge on any atom is 0.255 e. The van der Waals surface area contributed by atoms with E-state index >= 15 is 0 Å². The molecular weight excluding hydrogens is 328 g/mol. The van der Waals surface area contributed by atoms with Crippen LogP contribution >= 0.6 is 0 Å².